The Morgan fingerprint density at radius 3 is 2.81 bits per heavy atom. The van der Waals surface area contributed by atoms with Crippen LogP contribution in [0.25, 0.3) is 0 Å². The SMILES string of the molecule is CC(C)c1c(Cl)ccc2c1N(C)CCNC2. The topological polar surface area (TPSA) is 15.3 Å². The van der Waals surface area contributed by atoms with Crippen LogP contribution in [0.1, 0.15) is 30.9 Å². The summed E-state index contributed by atoms with van der Waals surface area (Å²) in [5.41, 5.74) is 3.96. The summed E-state index contributed by atoms with van der Waals surface area (Å²) in [6.45, 7) is 7.41. The van der Waals surface area contributed by atoms with Crippen molar-refractivity contribution in [2.24, 2.45) is 0 Å². The van der Waals surface area contributed by atoms with Gasteiger partial charge in [-0.3, -0.25) is 0 Å². The van der Waals surface area contributed by atoms with Gasteiger partial charge in [-0.2, -0.15) is 0 Å². The minimum Gasteiger partial charge on any atom is -0.373 e. The number of rotatable bonds is 1. The van der Waals surface area contributed by atoms with Crippen LogP contribution in [0.15, 0.2) is 12.1 Å². The van der Waals surface area contributed by atoms with Gasteiger partial charge in [-0.05, 0) is 23.1 Å². The zero-order chi connectivity index (χ0) is 11.7. The summed E-state index contributed by atoms with van der Waals surface area (Å²) in [5, 5.41) is 4.33. The average molecular weight is 239 g/mol. The summed E-state index contributed by atoms with van der Waals surface area (Å²) in [6, 6.07) is 4.16. The van der Waals surface area contributed by atoms with Crippen molar-refractivity contribution in [2.45, 2.75) is 26.3 Å². The van der Waals surface area contributed by atoms with Crippen LogP contribution in [0.3, 0.4) is 0 Å². The quantitative estimate of drug-likeness (QED) is 0.809. The molecule has 0 aliphatic carbocycles. The molecule has 16 heavy (non-hydrogen) atoms. The zero-order valence-electron chi connectivity index (χ0n) is 10.2. The first-order valence-electron chi connectivity index (χ1n) is 5.84. The Kier molecular flexibility index (Phi) is 3.41. The highest BCUT2D eigenvalue weighted by atomic mass is 35.5. The van der Waals surface area contributed by atoms with E-state index < -0.39 is 0 Å². The Hall–Kier alpha value is -0.730. The molecule has 0 radical (unpaired) electrons. The van der Waals surface area contributed by atoms with Gasteiger partial charge in [-0.25, -0.2) is 0 Å². The van der Waals surface area contributed by atoms with Crippen LogP contribution in [-0.4, -0.2) is 20.1 Å². The summed E-state index contributed by atoms with van der Waals surface area (Å²) in [5.74, 6) is 0.461. The maximum Gasteiger partial charge on any atom is 0.0461 e. The summed E-state index contributed by atoms with van der Waals surface area (Å²) in [6.07, 6.45) is 0. The van der Waals surface area contributed by atoms with E-state index in [1.165, 1.54) is 16.8 Å². The predicted molar refractivity (Wildman–Crippen MR) is 70.5 cm³/mol. The molecule has 1 aliphatic rings. The molecule has 2 rings (SSSR count). The van der Waals surface area contributed by atoms with Gasteiger partial charge in [0, 0.05) is 37.4 Å². The van der Waals surface area contributed by atoms with Crippen molar-refractivity contribution in [1.82, 2.24) is 5.32 Å². The van der Waals surface area contributed by atoms with Crippen LogP contribution in [0.2, 0.25) is 5.02 Å². The van der Waals surface area contributed by atoms with E-state index in [1.807, 2.05) is 6.07 Å². The number of nitrogens with zero attached hydrogens (tertiary/aromatic N) is 1. The van der Waals surface area contributed by atoms with Gasteiger partial charge in [-0.15, -0.1) is 0 Å². The fraction of sp³-hybridized carbons (Fsp3) is 0.538. The van der Waals surface area contributed by atoms with Gasteiger partial charge in [-0.1, -0.05) is 31.5 Å². The molecule has 88 valence electrons. The molecule has 2 nitrogen and oxygen atoms in total. The third kappa shape index (κ3) is 2.04. The Morgan fingerprint density at radius 2 is 2.12 bits per heavy atom. The number of fused-ring (bicyclic) bond motifs is 1. The van der Waals surface area contributed by atoms with Crippen molar-refractivity contribution in [3.05, 3.63) is 28.3 Å². The fourth-order valence-electron chi connectivity index (χ4n) is 2.35. The van der Waals surface area contributed by atoms with Crippen molar-refractivity contribution in [3.63, 3.8) is 0 Å². The van der Waals surface area contributed by atoms with Crippen LogP contribution in [0.5, 0.6) is 0 Å². The Bertz CT molecular complexity index is 388. The lowest BCUT2D eigenvalue weighted by Gasteiger charge is -2.25. The average Bonchev–Trinajstić information content (AvgIpc) is 2.41. The second-order valence-electron chi connectivity index (χ2n) is 4.72. The maximum atomic E-state index is 6.33. The van der Waals surface area contributed by atoms with Crippen molar-refractivity contribution in [2.75, 3.05) is 25.0 Å². The normalized spacial score (nSPS) is 16.2. The number of benzene rings is 1. The number of anilines is 1. The van der Waals surface area contributed by atoms with Crippen LogP contribution in [-0.2, 0) is 6.54 Å². The summed E-state index contributed by atoms with van der Waals surface area (Å²) in [7, 11) is 2.15. The van der Waals surface area contributed by atoms with Gasteiger partial charge in [0.05, 0.1) is 0 Å². The molecule has 0 unspecified atom stereocenters. The Balaban J connectivity index is 2.59. The van der Waals surface area contributed by atoms with Gasteiger partial charge in [0.25, 0.3) is 0 Å². The standard InChI is InChI=1S/C13H19ClN2/c1-9(2)12-11(14)5-4-10-8-15-6-7-16(3)13(10)12/h4-5,9,15H,6-8H2,1-3H3. The molecular weight excluding hydrogens is 220 g/mol. The first kappa shape index (κ1) is 11.7. The maximum absolute atomic E-state index is 6.33. The molecule has 1 aromatic rings. The smallest absolute Gasteiger partial charge is 0.0461 e. The van der Waals surface area contributed by atoms with Crippen molar-refractivity contribution >= 4 is 17.3 Å². The second kappa shape index (κ2) is 4.64. The summed E-state index contributed by atoms with van der Waals surface area (Å²) >= 11 is 6.33. The van der Waals surface area contributed by atoms with Crippen molar-refractivity contribution in [3.8, 4) is 0 Å². The zero-order valence-corrected chi connectivity index (χ0v) is 10.9. The fourth-order valence-corrected chi connectivity index (χ4v) is 2.72. The number of hydrogen-bond donors (Lipinski definition) is 1. The molecule has 1 N–H and O–H groups in total. The predicted octanol–water partition coefficient (Wildman–Crippen LogP) is 3.00. The highest BCUT2D eigenvalue weighted by Crippen LogP contribution is 2.36. The lowest BCUT2D eigenvalue weighted by atomic mass is 9.97. The molecule has 0 atom stereocenters. The molecule has 0 saturated heterocycles. The van der Waals surface area contributed by atoms with E-state index in [0.717, 1.165) is 24.7 Å². The molecule has 0 amide bonds. The third-order valence-electron chi connectivity index (χ3n) is 3.15. The van der Waals surface area contributed by atoms with Crippen molar-refractivity contribution < 1.29 is 0 Å². The van der Waals surface area contributed by atoms with Gasteiger partial charge >= 0.3 is 0 Å². The van der Waals surface area contributed by atoms with Crippen LogP contribution in [0.4, 0.5) is 5.69 Å². The summed E-state index contributed by atoms with van der Waals surface area (Å²) in [4.78, 5) is 2.32. The minimum absolute atomic E-state index is 0.461. The molecule has 0 saturated carbocycles. The highest BCUT2D eigenvalue weighted by molar-refractivity contribution is 6.31. The molecule has 1 aromatic carbocycles. The van der Waals surface area contributed by atoms with E-state index >= 15 is 0 Å². The first-order valence-corrected chi connectivity index (χ1v) is 6.22. The molecule has 1 aliphatic heterocycles. The van der Waals surface area contributed by atoms with Crippen LogP contribution in [0, 0.1) is 0 Å². The molecule has 0 spiro atoms. The molecule has 3 heteroatoms. The van der Waals surface area contributed by atoms with Gasteiger partial charge in [0.2, 0.25) is 0 Å². The lowest BCUT2D eigenvalue weighted by molar-refractivity contribution is 0.706. The molecule has 0 fully saturated rings. The van der Waals surface area contributed by atoms with E-state index in [0.29, 0.717) is 5.92 Å². The van der Waals surface area contributed by atoms with E-state index in [9.17, 15) is 0 Å². The number of halogens is 1. The summed E-state index contributed by atoms with van der Waals surface area (Å²) < 4.78 is 0. The lowest BCUT2D eigenvalue weighted by Crippen LogP contribution is -2.25. The Morgan fingerprint density at radius 1 is 1.38 bits per heavy atom. The van der Waals surface area contributed by atoms with Crippen LogP contribution >= 0.6 is 11.6 Å². The monoisotopic (exact) mass is 238 g/mol. The minimum atomic E-state index is 0.461. The van der Waals surface area contributed by atoms with E-state index in [4.69, 9.17) is 11.6 Å². The van der Waals surface area contributed by atoms with E-state index in [2.05, 4.69) is 37.2 Å². The number of nitrogens with one attached hydrogen (secondary N) is 1. The largest absolute Gasteiger partial charge is 0.373 e. The molecular formula is C13H19ClN2. The van der Waals surface area contributed by atoms with E-state index in [-0.39, 0.29) is 0 Å². The first-order chi connectivity index (χ1) is 7.61. The number of likely N-dealkylation sites (N-methyl/N-ethyl adjacent to an activating group) is 1. The third-order valence-corrected chi connectivity index (χ3v) is 3.48. The highest BCUT2D eigenvalue weighted by Gasteiger charge is 2.19. The molecule has 0 bridgehead atoms. The van der Waals surface area contributed by atoms with Gasteiger partial charge < -0.3 is 10.2 Å². The molecule has 1 heterocycles. The van der Waals surface area contributed by atoms with E-state index in [1.54, 1.807) is 0 Å². The molecule has 0 aromatic heterocycles. The second-order valence-corrected chi connectivity index (χ2v) is 5.13. The van der Waals surface area contributed by atoms with Crippen LogP contribution < -0.4 is 10.2 Å². The van der Waals surface area contributed by atoms with Crippen molar-refractivity contribution in [1.29, 1.82) is 0 Å². The van der Waals surface area contributed by atoms with Gasteiger partial charge in [0.15, 0.2) is 0 Å². The Labute approximate surface area is 103 Å². The number of hydrogen-bond acceptors (Lipinski definition) is 2. The van der Waals surface area contributed by atoms with Gasteiger partial charge in [0.1, 0.15) is 0 Å².